The second kappa shape index (κ2) is 8.70. The summed E-state index contributed by atoms with van der Waals surface area (Å²) in [4.78, 5) is 27.1. The lowest BCUT2D eigenvalue weighted by Gasteiger charge is -2.31. The van der Waals surface area contributed by atoms with E-state index in [1.807, 2.05) is 59.5 Å². The van der Waals surface area contributed by atoms with Gasteiger partial charge in [-0.2, -0.15) is 0 Å². The minimum absolute atomic E-state index is 0.0836. The van der Waals surface area contributed by atoms with Gasteiger partial charge < -0.3 is 19.2 Å². The van der Waals surface area contributed by atoms with Crippen LogP contribution >= 0.6 is 0 Å². The first-order chi connectivity index (χ1) is 15.7. The topological polar surface area (TPSA) is 88.6 Å². The number of aromatic nitrogens is 1. The fraction of sp³-hybridized carbons (Fsp3) is 0.240. The summed E-state index contributed by atoms with van der Waals surface area (Å²) in [6.45, 7) is 1.82. The molecule has 0 bridgehead atoms. The molecule has 0 spiro atoms. The fourth-order valence-corrected chi connectivity index (χ4v) is 4.03. The number of hydrogen-bond donors (Lipinski definition) is 1. The van der Waals surface area contributed by atoms with Crippen molar-refractivity contribution in [3.05, 3.63) is 78.2 Å². The number of amides is 2. The van der Waals surface area contributed by atoms with Crippen LogP contribution < -0.4 is 5.32 Å². The molecule has 1 aliphatic heterocycles. The van der Waals surface area contributed by atoms with E-state index in [0.29, 0.717) is 37.1 Å². The second-order valence-electron chi connectivity index (χ2n) is 8.04. The smallest absolute Gasteiger partial charge is 0.289 e. The molecule has 1 saturated heterocycles. The van der Waals surface area contributed by atoms with Crippen LogP contribution in [-0.2, 0) is 0 Å². The maximum atomic E-state index is 12.8. The highest BCUT2D eigenvalue weighted by atomic mass is 16.5. The molecule has 0 radical (unpaired) electrons. The molecule has 7 heteroatoms. The lowest BCUT2D eigenvalue weighted by Crippen LogP contribution is -2.41. The van der Waals surface area contributed by atoms with Gasteiger partial charge in [0, 0.05) is 36.7 Å². The van der Waals surface area contributed by atoms with Gasteiger partial charge >= 0.3 is 0 Å². The molecule has 2 aromatic heterocycles. The summed E-state index contributed by atoms with van der Waals surface area (Å²) >= 11 is 0. The van der Waals surface area contributed by atoms with Gasteiger partial charge in [-0.05, 0) is 30.9 Å². The molecule has 7 nitrogen and oxygen atoms in total. The van der Waals surface area contributed by atoms with Crippen LogP contribution in [-0.4, -0.2) is 41.5 Å². The predicted octanol–water partition coefficient (Wildman–Crippen LogP) is 4.37. The number of benzene rings is 2. The van der Waals surface area contributed by atoms with Crippen molar-refractivity contribution in [3.8, 4) is 11.3 Å². The number of para-hydroxylation sites is 1. The van der Waals surface area contributed by atoms with Crippen molar-refractivity contribution in [2.75, 3.05) is 19.6 Å². The van der Waals surface area contributed by atoms with Gasteiger partial charge in [0.15, 0.2) is 17.2 Å². The molecule has 1 N–H and O–H groups in total. The van der Waals surface area contributed by atoms with Crippen LogP contribution in [0.5, 0.6) is 0 Å². The molecule has 4 aromatic rings. The van der Waals surface area contributed by atoms with Crippen LogP contribution in [0.25, 0.3) is 22.3 Å². The number of hydrogen-bond acceptors (Lipinski definition) is 5. The molecular weight excluding hydrogens is 406 g/mol. The van der Waals surface area contributed by atoms with Crippen LogP contribution in [0.1, 0.15) is 33.9 Å². The summed E-state index contributed by atoms with van der Waals surface area (Å²) in [5.74, 6) is 0.905. The van der Waals surface area contributed by atoms with Crippen LogP contribution in [0.15, 0.2) is 75.7 Å². The van der Waals surface area contributed by atoms with Crippen LogP contribution in [0, 0.1) is 5.92 Å². The lowest BCUT2D eigenvalue weighted by atomic mass is 9.96. The van der Waals surface area contributed by atoms with Gasteiger partial charge in [-0.25, -0.2) is 0 Å². The van der Waals surface area contributed by atoms with Gasteiger partial charge in [0.25, 0.3) is 11.8 Å². The molecule has 0 saturated carbocycles. The number of carbonyl (C=O) groups excluding carboxylic acids is 2. The normalized spacial score (nSPS) is 14.6. The number of fused-ring (bicyclic) bond motifs is 1. The molecule has 162 valence electrons. The van der Waals surface area contributed by atoms with Gasteiger partial charge in [-0.15, -0.1) is 0 Å². The Morgan fingerprint density at radius 3 is 2.53 bits per heavy atom. The second-order valence-corrected chi connectivity index (χ2v) is 8.04. The third-order valence-electron chi connectivity index (χ3n) is 5.89. The third-order valence-corrected chi connectivity index (χ3v) is 5.89. The van der Waals surface area contributed by atoms with E-state index >= 15 is 0 Å². The molecule has 0 aliphatic carbocycles. The molecular formula is C25H23N3O4. The van der Waals surface area contributed by atoms with Crippen molar-refractivity contribution >= 4 is 22.8 Å². The largest absolute Gasteiger partial charge is 0.451 e. The standard InChI is InChI=1S/C25H23N3O4/c29-24(20-15-22(32-27-20)18-6-2-1-3-7-18)26-16-17-10-12-28(13-11-17)25(30)23-14-19-8-4-5-9-21(19)31-23/h1-9,14-15,17H,10-13,16H2,(H,26,29). The molecule has 0 unspecified atom stereocenters. The summed E-state index contributed by atoms with van der Waals surface area (Å²) in [5, 5.41) is 7.76. The summed E-state index contributed by atoms with van der Waals surface area (Å²) in [7, 11) is 0. The SMILES string of the molecule is O=C(NCC1CCN(C(=O)c2cc3ccccc3o2)CC1)c1cc(-c2ccccc2)on1. The van der Waals surface area contributed by atoms with Gasteiger partial charge in [-0.3, -0.25) is 9.59 Å². The van der Waals surface area contributed by atoms with E-state index in [4.69, 9.17) is 8.94 Å². The van der Waals surface area contributed by atoms with E-state index in [9.17, 15) is 9.59 Å². The highest BCUT2D eigenvalue weighted by molar-refractivity contribution is 5.96. The molecule has 32 heavy (non-hydrogen) atoms. The Labute approximate surface area is 185 Å². The lowest BCUT2D eigenvalue weighted by molar-refractivity contribution is 0.0655. The Kier molecular flexibility index (Phi) is 5.46. The molecule has 1 aliphatic rings. The fourth-order valence-electron chi connectivity index (χ4n) is 4.03. The number of nitrogens with one attached hydrogen (secondary N) is 1. The Hall–Kier alpha value is -3.87. The number of rotatable bonds is 5. The van der Waals surface area contributed by atoms with E-state index < -0.39 is 0 Å². The average Bonchev–Trinajstić information content (AvgIpc) is 3.51. The van der Waals surface area contributed by atoms with E-state index in [0.717, 1.165) is 29.4 Å². The first-order valence-corrected chi connectivity index (χ1v) is 10.8. The minimum atomic E-state index is -0.253. The highest BCUT2D eigenvalue weighted by Gasteiger charge is 2.26. The van der Waals surface area contributed by atoms with Crippen molar-refractivity contribution in [1.29, 1.82) is 0 Å². The maximum absolute atomic E-state index is 12.8. The van der Waals surface area contributed by atoms with Crippen molar-refractivity contribution in [3.63, 3.8) is 0 Å². The Bertz CT molecular complexity index is 1200. The Morgan fingerprint density at radius 2 is 1.75 bits per heavy atom. The molecule has 5 rings (SSSR count). The molecule has 3 heterocycles. The summed E-state index contributed by atoms with van der Waals surface area (Å²) in [5.41, 5.74) is 1.86. The van der Waals surface area contributed by atoms with Crippen LogP contribution in [0.2, 0.25) is 0 Å². The molecule has 2 amide bonds. The predicted molar refractivity (Wildman–Crippen MR) is 119 cm³/mol. The first kappa shape index (κ1) is 20.1. The van der Waals surface area contributed by atoms with E-state index in [2.05, 4.69) is 10.5 Å². The number of piperidine rings is 1. The van der Waals surface area contributed by atoms with Crippen molar-refractivity contribution in [1.82, 2.24) is 15.4 Å². The van der Waals surface area contributed by atoms with Crippen molar-refractivity contribution in [2.45, 2.75) is 12.8 Å². The van der Waals surface area contributed by atoms with Crippen LogP contribution in [0.3, 0.4) is 0 Å². The van der Waals surface area contributed by atoms with Crippen molar-refractivity contribution < 1.29 is 18.5 Å². The van der Waals surface area contributed by atoms with E-state index in [-0.39, 0.29) is 17.5 Å². The highest BCUT2D eigenvalue weighted by Crippen LogP contribution is 2.23. The van der Waals surface area contributed by atoms with E-state index in [1.165, 1.54) is 0 Å². The first-order valence-electron chi connectivity index (χ1n) is 10.8. The number of carbonyl (C=O) groups is 2. The zero-order valence-electron chi connectivity index (χ0n) is 17.5. The Morgan fingerprint density at radius 1 is 1.00 bits per heavy atom. The summed E-state index contributed by atoms with van der Waals surface area (Å²) in [6, 6.07) is 20.6. The number of furan rings is 1. The number of nitrogens with zero attached hydrogens (tertiary/aromatic N) is 2. The molecule has 2 aromatic carbocycles. The zero-order valence-corrected chi connectivity index (χ0v) is 17.5. The van der Waals surface area contributed by atoms with Gasteiger partial charge in [-0.1, -0.05) is 53.7 Å². The van der Waals surface area contributed by atoms with Crippen LogP contribution in [0.4, 0.5) is 0 Å². The van der Waals surface area contributed by atoms with Crippen molar-refractivity contribution in [2.24, 2.45) is 5.92 Å². The quantitative estimate of drug-likeness (QED) is 0.509. The minimum Gasteiger partial charge on any atom is -0.451 e. The van der Waals surface area contributed by atoms with Gasteiger partial charge in [0.1, 0.15) is 5.58 Å². The van der Waals surface area contributed by atoms with Gasteiger partial charge in [0.2, 0.25) is 0 Å². The molecule has 1 fully saturated rings. The number of likely N-dealkylation sites (tertiary alicyclic amines) is 1. The van der Waals surface area contributed by atoms with E-state index in [1.54, 1.807) is 12.1 Å². The maximum Gasteiger partial charge on any atom is 0.289 e. The summed E-state index contributed by atoms with van der Waals surface area (Å²) in [6.07, 6.45) is 1.64. The third kappa shape index (κ3) is 4.14. The monoisotopic (exact) mass is 429 g/mol. The molecule has 0 atom stereocenters. The zero-order chi connectivity index (χ0) is 21.9. The summed E-state index contributed by atoms with van der Waals surface area (Å²) < 4.78 is 11.0. The Balaban J connectivity index is 1.12. The average molecular weight is 429 g/mol. The van der Waals surface area contributed by atoms with Gasteiger partial charge in [0.05, 0.1) is 0 Å².